The summed E-state index contributed by atoms with van der Waals surface area (Å²) in [6, 6.07) is 3.11. The molecule has 0 amide bonds. The van der Waals surface area contributed by atoms with Gasteiger partial charge in [0.2, 0.25) is 10.0 Å². The fourth-order valence-corrected chi connectivity index (χ4v) is 3.80. The first-order chi connectivity index (χ1) is 8.40. The van der Waals surface area contributed by atoms with Gasteiger partial charge in [-0.05, 0) is 47.0 Å². The molecule has 0 aliphatic heterocycles. The zero-order valence-corrected chi connectivity index (χ0v) is 12.3. The predicted molar refractivity (Wildman–Crippen MR) is 70.2 cm³/mol. The summed E-state index contributed by atoms with van der Waals surface area (Å²) in [6.45, 7) is 1.70. The molecule has 1 aromatic carbocycles. The van der Waals surface area contributed by atoms with Gasteiger partial charge in [0.05, 0.1) is 4.90 Å². The van der Waals surface area contributed by atoms with E-state index in [9.17, 15) is 12.8 Å². The molecule has 0 aliphatic rings. The molecule has 2 N–H and O–H groups in total. The Balaban J connectivity index is 3.02. The number of sulfonamides is 1. The summed E-state index contributed by atoms with van der Waals surface area (Å²) in [5.74, 6) is -0.617. The first-order valence-corrected chi connectivity index (χ1v) is 7.76. The number of halogens is 2. The summed E-state index contributed by atoms with van der Waals surface area (Å²) in [4.78, 5) is -0.140. The van der Waals surface area contributed by atoms with Crippen LogP contribution in [-0.2, 0) is 10.0 Å². The molecule has 0 aliphatic carbocycles. The van der Waals surface area contributed by atoms with Crippen molar-refractivity contribution >= 4 is 26.0 Å². The van der Waals surface area contributed by atoms with Crippen LogP contribution in [0.2, 0.25) is 0 Å². The summed E-state index contributed by atoms with van der Waals surface area (Å²) >= 11 is 3.08. The van der Waals surface area contributed by atoms with Gasteiger partial charge in [0.1, 0.15) is 5.82 Å². The molecule has 1 rings (SSSR count). The van der Waals surface area contributed by atoms with Crippen molar-refractivity contribution in [3.05, 3.63) is 28.5 Å². The Kier molecular flexibility index (Phi) is 5.71. The van der Waals surface area contributed by atoms with Crippen molar-refractivity contribution in [3.8, 4) is 0 Å². The summed E-state index contributed by atoms with van der Waals surface area (Å²) in [5, 5.41) is 8.83. The van der Waals surface area contributed by atoms with Crippen molar-refractivity contribution in [2.24, 2.45) is 0 Å². The molecule has 0 radical (unpaired) electrons. The van der Waals surface area contributed by atoms with E-state index in [1.54, 1.807) is 0 Å². The number of benzene rings is 1. The molecule has 102 valence electrons. The molecule has 0 bridgehead atoms. The smallest absolute Gasteiger partial charge is 0.242 e. The quantitative estimate of drug-likeness (QED) is 0.833. The van der Waals surface area contributed by atoms with Crippen LogP contribution in [0.25, 0.3) is 0 Å². The van der Waals surface area contributed by atoms with Gasteiger partial charge in [-0.3, -0.25) is 0 Å². The van der Waals surface area contributed by atoms with E-state index in [1.165, 1.54) is 12.1 Å². The Labute approximate surface area is 114 Å². The number of nitrogens with one attached hydrogen (secondary N) is 1. The highest BCUT2D eigenvalue weighted by Gasteiger charge is 2.21. The number of aliphatic hydroxyl groups excluding tert-OH is 1. The highest BCUT2D eigenvalue weighted by molar-refractivity contribution is 9.10. The summed E-state index contributed by atoms with van der Waals surface area (Å²) in [7, 11) is -3.79. The van der Waals surface area contributed by atoms with Crippen LogP contribution in [0.4, 0.5) is 4.39 Å². The lowest BCUT2D eigenvalue weighted by molar-refractivity contribution is 0.270. The second-order valence-electron chi connectivity index (χ2n) is 3.81. The molecule has 1 aromatic rings. The molecular formula is C11H15BrFNO3S. The lowest BCUT2D eigenvalue weighted by Crippen LogP contribution is -2.35. The highest BCUT2D eigenvalue weighted by atomic mass is 79.9. The van der Waals surface area contributed by atoms with Gasteiger partial charge in [-0.15, -0.1) is 0 Å². The lowest BCUT2D eigenvalue weighted by atomic mass is 10.2. The second-order valence-corrected chi connectivity index (χ2v) is 6.35. The standard InChI is InChI=1S/C11H15BrFNO3S/c1-2-9(5-6-15)14-18(16,17)11-7-8(13)3-4-10(11)12/h3-4,7,9,14-15H,2,5-6H2,1H3. The van der Waals surface area contributed by atoms with Gasteiger partial charge in [0, 0.05) is 17.1 Å². The van der Waals surface area contributed by atoms with Crippen molar-refractivity contribution in [2.75, 3.05) is 6.61 Å². The normalized spacial score (nSPS) is 13.6. The molecule has 0 fully saturated rings. The molecule has 1 atom stereocenters. The third-order valence-corrected chi connectivity index (χ3v) is 4.99. The van der Waals surface area contributed by atoms with Gasteiger partial charge < -0.3 is 5.11 Å². The van der Waals surface area contributed by atoms with E-state index in [0.717, 1.165) is 6.07 Å². The molecule has 7 heteroatoms. The topological polar surface area (TPSA) is 66.4 Å². The Morgan fingerprint density at radius 3 is 2.72 bits per heavy atom. The summed E-state index contributed by atoms with van der Waals surface area (Å²) < 4.78 is 40.0. The monoisotopic (exact) mass is 339 g/mol. The van der Waals surface area contributed by atoms with Crippen molar-refractivity contribution in [1.82, 2.24) is 4.72 Å². The highest BCUT2D eigenvalue weighted by Crippen LogP contribution is 2.23. The number of hydrogen-bond acceptors (Lipinski definition) is 3. The van der Waals surface area contributed by atoms with E-state index < -0.39 is 15.8 Å². The molecule has 0 aromatic heterocycles. The van der Waals surface area contributed by atoms with Crippen molar-refractivity contribution in [3.63, 3.8) is 0 Å². The molecule has 0 saturated heterocycles. The summed E-state index contributed by atoms with van der Waals surface area (Å²) in [6.07, 6.45) is 0.870. The van der Waals surface area contributed by atoms with Crippen LogP contribution in [0.15, 0.2) is 27.6 Å². The molecule has 18 heavy (non-hydrogen) atoms. The van der Waals surface area contributed by atoms with Crippen molar-refractivity contribution < 1.29 is 17.9 Å². The summed E-state index contributed by atoms with van der Waals surface area (Å²) in [5.41, 5.74) is 0. The van der Waals surface area contributed by atoms with Crippen LogP contribution in [0.3, 0.4) is 0 Å². The van der Waals surface area contributed by atoms with Crippen molar-refractivity contribution in [1.29, 1.82) is 0 Å². The first-order valence-electron chi connectivity index (χ1n) is 5.49. The average Bonchev–Trinajstić information content (AvgIpc) is 2.31. The second kappa shape index (κ2) is 6.60. The molecule has 0 heterocycles. The fourth-order valence-electron chi connectivity index (χ4n) is 1.47. The number of aliphatic hydroxyl groups is 1. The van der Waals surface area contributed by atoms with E-state index in [4.69, 9.17) is 5.11 Å². The maximum absolute atomic E-state index is 13.1. The van der Waals surface area contributed by atoms with E-state index in [1.807, 2.05) is 6.92 Å². The van der Waals surface area contributed by atoms with E-state index in [-0.39, 0.29) is 17.5 Å². The minimum atomic E-state index is -3.79. The minimum absolute atomic E-state index is 0.106. The molecule has 4 nitrogen and oxygen atoms in total. The molecular weight excluding hydrogens is 325 g/mol. The van der Waals surface area contributed by atoms with Crippen LogP contribution >= 0.6 is 15.9 Å². The number of rotatable bonds is 6. The van der Waals surface area contributed by atoms with Gasteiger partial charge in [-0.25, -0.2) is 17.5 Å². The molecule has 0 saturated carbocycles. The molecule has 1 unspecified atom stereocenters. The van der Waals surface area contributed by atoms with Crippen molar-refractivity contribution in [2.45, 2.75) is 30.7 Å². The zero-order chi connectivity index (χ0) is 13.8. The fraction of sp³-hybridized carbons (Fsp3) is 0.455. The van der Waals surface area contributed by atoms with Gasteiger partial charge in [-0.2, -0.15) is 0 Å². The van der Waals surface area contributed by atoms with Gasteiger partial charge in [-0.1, -0.05) is 6.92 Å². The van der Waals surface area contributed by atoms with Gasteiger partial charge in [0.25, 0.3) is 0 Å². The largest absolute Gasteiger partial charge is 0.396 e. The SMILES string of the molecule is CCC(CCO)NS(=O)(=O)c1cc(F)ccc1Br. The maximum Gasteiger partial charge on any atom is 0.242 e. The first kappa shape index (κ1) is 15.6. The van der Waals surface area contributed by atoms with Gasteiger partial charge in [0.15, 0.2) is 0 Å². The van der Waals surface area contributed by atoms with E-state index in [2.05, 4.69) is 20.7 Å². The predicted octanol–water partition coefficient (Wildman–Crippen LogP) is 2.03. The van der Waals surface area contributed by atoms with Gasteiger partial charge >= 0.3 is 0 Å². The van der Waals surface area contributed by atoms with Crippen LogP contribution in [0, 0.1) is 5.82 Å². The number of hydrogen-bond donors (Lipinski definition) is 2. The molecule has 0 spiro atoms. The van der Waals surface area contributed by atoms with Crippen LogP contribution in [0.1, 0.15) is 19.8 Å². The van der Waals surface area contributed by atoms with Crippen LogP contribution in [0.5, 0.6) is 0 Å². The zero-order valence-electron chi connectivity index (χ0n) is 9.86. The average molecular weight is 340 g/mol. The Morgan fingerprint density at radius 2 is 2.17 bits per heavy atom. The Bertz CT molecular complexity index is 507. The third kappa shape index (κ3) is 4.01. The third-order valence-electron chi connectivity index (χ3n) is 2.47. The Hall–Kier alpha value is -0.500. The van der Waals surface area contributed by atoms with E-state index >= 15 is 0 Å². The Morgan fingerprint density at radius 1 is 1.50 bits per heavy atom. The maximum atomic E-state index is 13.1. The van der Waals surface area contributed by atoms with Crippen LogP contribution in [-0.4, -0.2) is 26.2 Å². The lowest BCUT2D eigenvalue weighted by Gasteiger charge is -2.16. The minimum Gasteiger partial charge on any atom is -0.396 e. The van der Waals surface area contributed by atoms with E-state index in [0.29, 0.717) is 17.3 Å². The van der Waals surface area contributed by atoms with Crippen LogP contribution < -0.4 is 4.72 Å².